The second-order valence-corrected chi connectivity index (χ2v) is 10.1. The monoisotopic (exact) mass is 484 g/mol. The molecule has 2 N–H and O–H groups in total. The summed E-state index contributed by atoms with van der Waals surface area (Å²) in [6.45, 7) is 3.52. The summed E-state index contributed by atoms with van der Waals surface area (Å²) in [6.07, 6.45) is 0.126. The van der Waals surface area contributed by atoms with Gasteiger partial charge in [-0.1, -0.05) is 43.3 Å². The summed E-state index contributed by atoms with van der Waals surface area (Å²) in [6, 6.07) is 19.4. The number of para-hydroxylation sites is 1. The largest absolute Gasteiger partial charge is 0.326 e. The van der Waals surface area contributed by atoms with E-state index in [2.05, 4.69) is 10.6 Å². The second-order valence-electron chi connectivity index (χ2n) is 7.53. The molecule has 0 bridgehead atoms. The lowest BCUT2D eigenvalue weighted by Crippen LogP contribution is -2.15. The Hall–Kier alpha value is -3.16. The van der Waals surface area contributed by atoms with Crippen molar-refractivity contribution in [2.24, 2.45) is 0 Å². The summed E-state index contributed by atoms with van der Waals surface area (Å²) < 4.78 is 23.8. The maximum atomic E-state index is 12.5. The molecule has 0 fully saturated rings. The van der Waals surface area contributed by atoms with Crippen molar-refractivity contribution in [3.63, 3.8) is 0 Å². The van der Waals surface area contributed by atoms with Gasteiger partial charge in [0.05, 0.1) is 17.1 Å². The first kappa shape index (κ1) is 24.5. The highest BCUT2D eigenvalue weighted by atomic mass is 35.5. The Kier molecular flexibility index (Phi) is 7.89. The van der Waals surface area contributed by atoms with Crippen LogP contribution in [0.25, 0.3) is 11.1 Å². The summed E-state index contributed by atoms with van der Waals surface area (Å²) in [5.41, 5.74) is 4.74. The number of sulfone groups is 1. The Labute approximate surface area is 198 Å². The quantitative estimate of drug-likeness (QED) is 0.448. The van der Waals surface area contributed by atoms with Crippen molar-refractivity contribution in [3.05, 3.63) is 77.9 Å². The molecule has 3 aromatic rings. The number of nitrogens with one attached hydrogen (secondary N) is 2. The smallest absolute Gasteiger partial charge is 0.239 e. The van der Waals surface area contributed by atoms with Crippen LogP contribution in [0, 0.1) is 6.92 Å². The van der Waals surface area contributed by atoms with Gasteiger partial charge in [-0.05, 0) is 53.9 Å². The molecule has 0 aliphatic rings. The first-order valence-corrected chi connectivity index (χ1v) is 12.6. The SMILES string of the molecule is CCS(=O)(=O)c1ccc(CC(=O)Nc2ccc(-c3ccccc3NC(=O)CCl)c(C)c2)cc1. The number of alkyl halides is 1. The first-order chi connectivity index (χ1) is 15.7. The Morgan fingerprint density at radius 3 is 2.21 bits per heavy atom. The van der Waals surface area contributed by atoms with Crippen molar-refractivity contribution in [2.75, 3.05) is 22.3 Å². The van der Waals surface area contributed by atoms with Crippen LogP contribution in [0.3, 0.4) is 0 Å². The molecule has 0 heterocycles. The van der Waals surface area contributed by atoms with Crippen molar-refractivity contribution in [1.82, 2.24) is 0 Å². The average molecular weight is 485 g/mol. The van der Waals surface area contributed by atoms with Crippen LogP contribution in [0.2, 0.25) is 0 Å². The van der Waals surface area contributed by atoms with Crippen molar-refractivity contribution in [2.45, 2.75) is 25.2 Å². The van der Waals surface area contributed by atoms with E-state index < -0.39 is 9.84 Å². The Morgan fingerprint density at radius 1 is 0.879 bits per heavy atom. The number of rotatable bonds is 8. The predicted molar refractivity (Wildman–Crippen MR) is 132 cm³/mol. The lowest BCUT2D eigenvalue weighted by molar-refractivity contribution is -0.115. The first-order valence-electron chi connectivity index (χ1n) is 10.4. The number of amides is 2. The van der Waals surface area contributed by atoms with Crippen LogP contribution in [0.5, 0.6) is 0 Å². The van der Waals surface area contributed by atoms with Gasteiger partial charge in [-0.3, -0.25) is 9.59 Å². The molecule has 0 unspecified atom stereocenters. The van der Waals surface area contributed by atoms with Crippen LogP contribution in [0.15, 0.2) is 71.6 Å². The lowest BCUT2D eigenvalue weighted by atomic mass is 9.98. The maximum absolute atomic E-state index is 12.5. The maximum Gasteiger partial charge on any atom is 0.239 e. The van der Waals surface area contributed by atoms with Crippen LogP contribution in [-0.4, -0.2) is 31.9 Å². The zero-order valence-corrected chi connectivity index (χ0v) is 20.0. The highest BCUT2D eigenvalue weighted by Gasteiger charge is 2.13. The molecule has 0 aliphatic heterocycles. The van der Waals surface area contributed by atoms with E-state index in [1.54, 1.807) is 25.1 Å². The van der Waals surface area contributed by atoms with Crippen molar-refractivity contribution in [1.29, 1.82) is 0 Å². The van der Waals surface area contributed by atoms with E-state index in [1.807, 2.05) is 43.3 Å². The highest BCUT2D eigenvalue weighted by molar-refractivity contribution is 7.91. The molecule has 0 saturated heterocycles. The van der Waals surface area contributed by atoms with Gasteiger partial charge in [-0.25, -0.2) is 8.42 Å². The summed E-state index contributed by atoms with van der Waals surface area (Å²) >= 11 is 5.61. The van der Waals surface area contributed by atoms with E-state index in [0.29, 0.717) is 11.4 Å². The number of carbonyl (C=O) groups excluding carboxylic acids is 2. The zero-order valence-electron chi connectivity index (χ0n) is 18.4. The van der Waals surface area contributed by atoms with E-state index in [-0.39, 0.29) is 34.8 Å². The fourth-order valence-corrected chi connectivity index (χ4v) is 4.38. The Bertz CT molecular complexity index is 1270. The summed E-state index contributed by atoms with van der Waals surface area (Å²) in [5, 5.41) is 5.68. The standard InChI is InChI=1S/C25H25ClN2O4S/c1-3-33(31,32)20-11-8-18(9-12-20)15-24(29)27-19-10-13-21(17(2)14-19)22-6-4-5-7-23(22)28-25(30)16-26/h4-14H,3,15-16H2,1-2H3,(H,27,29)(H,28,30). The molecule has 6 nitrogen and oxygen atoms in total. The number of carbonyl (C=O) groups is 2. The van der Waals surface area contributed by atoms with Crippen LogP contribution in [0.1, 0.15) is 18.1 Å². The molecule has 2 amide bonds. The summed E-state index contributed by atoms with van der Waals surface area (Å²) in [7, 11) is -3.27. The van der Waals surface area contributed by atoms with Gasteiger partial charge in [-0.2, -0.15) is 0 Å². The molecule has 0 radical (unpaired) electrons. The number of hydrogen-bond acceptors (Lipinski definition) is 4. The number of benzene rings is 3. The highest BCUT2D eigenvalue weighted by Crippen LogP contribution is 2.32. The topological polar surface area (TPSA) is 92.3 Å². The molecule has 172 valence electrons. The van der Waals surface area contributed by atoms with Gasteiger partial charge in [0, 0.05) is 16.9 Å². The number of anilines is 2. The van der Waals surface area contributed by atoms with Gasteiger partial charge in [0.1, 0.15) is 5.88 Å². The zero-order chi connectivity index (χ0) is 24.0. The molecule has 0 aromatic heterocycles. The third kappa shape index (κ3) is 6.21. The fourth-order valence-electron chi connectivity index (χ4n) is 3.43. The van der Waals surface area contributed by atoms with Gasteiger partial charge in [0.15, 0.2) is 9.84 Å². The molecule has 0 saturated carbocycles. The minimum absolute atomic E-state index is 0.0335. The van der Waals surface area contributed by atoms with E-state index in [0.717, 1.165) is 22.3 Å². The normalized spacial score (nSPS) is 11.1. The van der Waals surface area contributed by atoms with E-state index in [1.165, 1.54) is 12.1 Å². The fraction of sp³-hybridized carbons (Fsp3) is 0.200. The minimum atomic E-state index is -3.27. The third-order valence-corrected chi connectivity index (χ3v) is 7.14. The van der Waals surface area contributed by atoms with E-state index in [9.17, 15) is 18.0 Å². The molecule has 0 aliphatic carbocycles. The molecule has 0 spiro atoms. The van der Waals surface area contributed by atoms with Gasteiger partial charge in [0.2, 0.25) is 11.8 Å². The molecule has 33 heavy (non-hydrogen) atoms. The average Bonchev–Trinajstić information content (AvgIpc) is 2.80. The number of hydrogen-bond donors (Lipinski definition) is 2. The second kappa shape index (κ2) is 10.6. The van der Waals surface area contributed by atoms with E-state index >= 15 is 0 Å². The van der Waals surface area contributed by atoms with Crippen LogP contribution in [0.4, 0.5) is 11.4 Å². The van der Waals surface area contributed by atoms with Crippen molar-refractivity contribution < 1.29 is 18.0 Å². The summed E-state index contributed by atoms with van der Waals surface area (Å²) in [5.74, 6) is -0.588. The molecule has 8 heteroatoms. The van der Waals surface area contributed by atoms with Gasteiger partial charge in [-0.15, -0.1) is 11.6 Å². The molecule has 0 atom stereocenters. The lowest BCUT2D eigenvalue weighted by Gasteiger charge is -2.14. The number of halogens is 1. The van der Waals surface area contributed by atoms with Gasteiger partial charge in [0.25, 0.3) is 0 Å². The van der Waals surface area contributed by atoms with Crippen LogP contribution >= 0.6 is 11.6 Å². The molecule has 3 rings (SSSR count). The van der Waals surface area contributed by atoms with Gasteiger partial charge < -0.3 is 10.6 Å². The minimum Gasteiger partial charge on any atom is -0.326 e. The number of aryl methyl sites for hydroxylation is 1. The van der Waals surface area contributed by atoms with Crippen LogP contribution in [-0.2, 0) is 25.8 Å². The third-order valence-electron chi connectivity index (χ3n) is 5.15. The van der Waals surface area contributed by atoms with Crippen molar-refractivity contribution >= 4 is 44.6 Å². The van der Waals surface area contributed by atoms with Gasteiger partial charge >= 0.3 is 0 Å². The van der Waals surface area contributed by atoms with Crippen LogP contribution < -0.4 is 10.6 Å². The Balaban J connectivity index is 1.72. The molecular weight excluding hydrogens is 460 g/mol. The van der Waals surface area contributed by atoms with Crippen molar-refractivity contribution in [3.8, 4) is 11.1 Å². The predicted octanol–water partition coefficient (Wildman–Crippen LogP) is 4.81. The van der Waals surface area contributed by atoms with E-state index in [4.69, 9.17) is 11.6 Å². The summed E-state index contributed by atoms with van der Waals surface area (Å²) in [4.78, 5) is 24.5. The molecule has 3 aromatic carbocycles. The Morgan fingerprint density at radius 2 is 1.58 bits per heavy atom. The molecular formula is C25H25ClN2O4S.